The average molecular weight is 640 g/mol. The second-order valence-corrected chi connectivity index (χ2v) is 13.7. The predicted octanol–water partition coefficient (Wildman–Crippen LogP) is 13.6. The number of nitrogens with zero attached hydrogens (tertiary/aromatic N) is 1. The molecule has 50 heavy (non-hydrogen) atoms. The molecule has 0 aromatic heterocycles. The van der Waals surface area contributed by atoms with Crippen LogP contribution in [0.4, 0.5) is 17.1 Å². The molecule has 1 nitrogen and oxygen atoms in total. The van der Waals surface area contributed by atoms with Gasteiger partial charge in [-0.25, -0.2) is 0 Å². The number of anilines is 3. The van der Waals surface area contributed by atoms with Crippen molar-refractivity contribution in [3.05, 3.63) is 199 Å². The van der Waals surface area contributed by atoms with Crippen molar-refractivity contribution in [2.75, 3.05) is 4.90 Å². The Balaban J connectivity index is 1.35. The van der Waals surface area contributed by atoms with Crippen LogP contribution in [-0.4, -0.2) is 0 Å². The van der Waals surface area contributed by atoms with Gasteiger partial charge in [-0.3, -0.25) is 0 Å². The maximum Gasteiger partial charge on any atom is 0.0543 e. The van der Waals surface area contributed by atoms with Gasteiger partial charge >= 0.3 is 0 Å². The fraction of sp³-hybridized carbons (Fsp3) is 0.0612. The second-order valence-electron chi connectivity index (χ2n) is 13.7. The van der Waals surface area contributed by atoms with E-state index in [1.54, 1.807) is 0 Å². The molecule has 0 saturated carbocycles. The van der Waals surface area contributed by atoms with Crippen LogP contribution in [0.15, 0.2) is 188 Å². The van der Waals surface area contributed by atoms with Crippen molar-refractivity contribution in [3.63, 3.8) is 0 Å². The highest BCUT2D eigenvalue weighted by Crippen LogP contribution is 2.56. The minimum absolute atomic E-state index is 0.193. The van der Waals surface area contributed by atoms with E-state index in [0.717, 1.165) is 11.4 Å². The van der Waals surface area contributed by atoms with Crippen LogP contribution in [-0.2, 0) is 5.41 Å². The van der Waals surface area contributed by atoms with Crippen molar-refractivity contribution in [1.82, 2.24) is 0 Å². The molecule has 0 aliphatic heterocycles. The van der Waals surface area contributed by atoms with Gasteiger partial charge in [0.25, 0.3) is 0 Å². The van der Waals surface area contributed by atoms with E-state index in [2.05, 4.69) is 207 Å². The fourth-order valence-electron chi connectivity index (χ4n) is 8.05. The zero-order valence-electron chi connectivity index (χ0n) is 28.3. The van der Waals surface area contributed by atoms with Crippen molar-refractivity contribution >= 4 is 27.8 Å². The van der Waals surface area contributed by atoms with Crippen LogP contribution in [0.2, 0.25) is 0 Å². The summed E-state index contributed by atoms with van der Waals surface area (Å²) in [6.45, 7) is 4.77. The molecule has 1 aliphatic carbocycles. The Hall–Kier alpha value is -6.18. The first-order valence-electron chi connectivity index (χ1n) is 17.5. The van der Waals surface area contributed by atoms with Gasteiger partial charge in [0.2, 0.25) is 0 Å². The Labute approximate surface area is 294 Å². The molecule has 0 saturated heterocycles. The van der Waals surface area contributed by atoms with E-state index in [1.165, 1.54) is 72.1 Å². The number of hydrogen-bond acceptors (Lipinski definition) is 1. The summed E-state index contributed by atoms with van der Waals surface area (Å²) >= 11 is 0. The Morgan fingerprint density at radius 3 is 1.54 bits per heavy atom. The first kappa shape index (κ1) is 29.9. The van der Waals surface area contributed by atoms with E-state index in [0.29, 0.717) is 0 Å². The maximum atomic E-state index is 2.49. The quantitative estimate of drug-likeness (QED) is 0.175. The minimum atomic E-state index is -0.193. The van der Waals surface area contributed by atoms with Crippen LogP contribution >= 0.6 is 0 Å². The van der Waals surface area contributed by atoms with Crippen LogP contribution in [0.3, 0.4) is 0 Å². The van der Waals surface area contributed by atoms with Crippen LogP contribution in [0.1, 0.15) is 25.0 Å². The van der Waals surface area contributed by atoms with E-state index < -0.39 is 0 Å². The molecular weight excluding hydrogens is 603 g/mol. The molecule has 0 fully saturated rings. The van der Waals surface area contributed by atoms with E-state index in [4.69, 9.17) is 0 Å². The topological polar surface area (TPSA) is 3.24 Å². The van der Waals surface area contributed by atoms with Gasteiger partial charge in [-0.1, -0.05) is 172 Å². The molecular formula is C49H37N. The lowest BCUT2D eigenvalue weighted by atomic mass is 9.81. The molecule has 1 heteroatoms. The Bertz CT molecular complexity index is 2480. The number of rotatable bonds is 6. The first-order valence-corrected chi connectivity index (χ1v) is 17.5. The third-order valence-corrected chi connectivity index (χ3v) is 10.5. The molecule has 0 atom stereocenters. The lowest BCUT2D eigenvalue weighted by molar-refractivity contribution is 0.660. The molecule has 0 amide bonds. The van der Waals surface area contributed by atoms with Gasteiger partial charge in [0.05, 0.1) is 11.4 Å². The molecule has 0 bridgehead atoms. The third kappa shape index (κ3) is 4.85. The molecule has 1 aliphatic rings. The maximum absolute atomic E-state index is 2.49. The average Bonchev–Trinajstić information content (AvgIpc) is 3.41. The SMILES string of the molecule is CC1(C)c2cc(N(c3ccccc3)c3ccc(-c4ccccc4)c4ccccc34)c(-c3ccccc3)cc2-c2c(-c3ccccc3)cccc21. The summed E-state index contributed by atoms with van der Waals surface area (Å²) in [7, 11) is 0. The van der Waals surface area contributed by atoms with Gasteiger partial charge < -0.3 is 4.90 Å². The van der Waals surface area contributed by atoms with Crippen molar-refractivity contribution in [2.24, 2.45) is 0 Å². The highest BCUT2D eigenvalue weighted by atomic mass is 15.1. The number of fused-ring (bicyclic) bond motifs is 4. The smallest absolute Gasteiger partial charge is 0.0543 e. The number of para-hydroxylation sites is 1. The van der Waals surface area contributed by atoms with Gasteiger partial charge in [0.1, 0.15) is 0 Å². The monoisotopic (exact) mass is 639 g/mol. The molecule has 0 N–H and O–H groups in total. The summed E-state index contributed by atoms with van der Waals surface area (Å²) in [6, 6.07) is 68.6. The van der Waals surface area contributed by atoms with Crippen LogP contribution in [0.25, 0.3) is 55.3 Å². The zero-order valence-corrected chi connectivity index (χ0v) is 28.3. The summed E-state index contributed by atoms with van der Waals surface area (Å²) in [5.41, 5.74) is 16.0. The summed E-state index contributed by atoms with van der Waals surface area (Å²) in [4.78, 5) is 2.48. The van der Waals surface area contributed by atoms with Crippen molar-refractivity contribution in [1.29, 1.82) is 0 Å². The predicted molar refractivity (Wildman–Crippen MR) is 213 cm³/mol. The van der Waals surface area contributed by atoms with Crippen molar-refractivity contribution < 1.29 is 0 Å². The Morgan fingerprint density at radius 1 is 0.360 bits per heavy atom. The summed E-state index contributed by atoms with van der Waals surface area (Å²) in [5.74, 6) is 0. The molecule has 0 spiro atoms. The standard InChI is InChI=1S/C49H37N/c1-49(2)44-29-17-28-39(35-20-9-4-10-21-35)48(44)43-32-42(36-22-11-5-12-23-36)47(33-45(43)49)50(37-24-13-6-14-25-37)46-31-30-38(34-18-7-3-8-19-34)40-26-15-16-27-41(40)46/h3-33H,1-2H3. The summed E-state index contributed by atoms with van der Waals surface area (Å²) in [5, 5.41) is 2.45. The van der Waals surface area contributed by atoms with Gasteiger partial charge in [-0.2, -0.15) is 0 Å². The molecule has 0 heterocycles. The second kappa shape index (κ2) is 12.1. The zero-order chi connectivity index (χ0) is 33.7. The summed E-state index contributed by atoms with van der Waals surface area (Å²) < 4.78 is 0. The minimum Gasteiger partial charge on any atom is -0.309 e. The third-order valence-electron chi connectivity index (χ3n) is 10.5. The van der Waals surface area contributed by atoms with E-state index in [-0.39, 0.29) is 5.41 Å². The highest BCUT2D eigenvalue weighted by molar-refractivity contribution is 6.08. The van der Waals surface area contributed by atoms with Gasteiger partial charge in [-0.15, -0.1) is 0 Å². The summed E-state index contributed by atoms with van der Waals surface area (Å²) in [6.07, 6.45) is 0. The van der Waals surface area contributed by atoms with E-state index in [1.807, 2.05) is 0 Å². The van der Waals surface area contributed by atoms with Crippen molar-refractivity contribution in [3.8, 4) is 44.5 Å². The molecule has 8 aromatic rings. The van der Waals surface area contributed by atoms with E-state index >= 15 is 0 Å². The first-order chi connectivity index (χ1) is 24.6. The molecule has 9 rings (SSSR count). The largest absolute Gasteiger partial charge is 0.309 e. The number of hydrogen-bond donors (Lipinski definition) is 0. The lowest BCUT2D eigenvalue weighted by Gasteiger charge is -2.31. The molecule has 8 aromatic carbocycles. The molecule has 0 radical (unpaired) electrons. The Kier molecular flexibility index (Phi) is 7.21. The highest BCUT2D eigenvalue weighted by Gasteiger charge is 2.38. The number of benzene rings is 8. The van der Waals surface area contributed by atoms with Crippen LogP contribution in [0.5, 0.6) is 0 Å². The van der Waals surface area contributed by atoms with Gasteiger partial charge in [-0.05, 0) is 85.8 Å². The molecule has 0 unspecified atom stereocenters. The van der Waals surface area contributed by atoms with E-state index in [9.17, 15) is 0 Å². The Morgan fingerprint density at radius 2 is 0.900 bits per heavy atom. The lowest BCUT2D eigenvalue weighted by Crippen LogP contribution is -2.17. The normalized spacial score (nSPS) is 12.8. The van der Waals surface area contributed by atoms with Gasteiger partial charge in [0.15, 0.2) is 0 Å². The van der Waals surface area contributed by atoms with Gasteiger partial charge in [0, 0.05) is 22.1 Å². The van der Waals surface area contributed by atoms with Crippen LogP contribution < -0.4 is 4.90 Å². The fourth-order valence-corrected chi connectivity index (χ4v) is 8.05. The van der Waals surface area contributed by atoms with Crippen molar-refractivity contribution in [2.45, 2.75) is 19.3 Å². The van der Waals surface area contributed by atoms with Crippen LogP contribution in [0, 0.1) is 0 Å². The molecule has 238 valence electrons.